The summed E-state index contributed by atoms with van der Waals surface area (Å²) in [5.74, 6) is 0. The molecule has 1 aromatic rings. The van der Waals surface area contributed by atoms with Crippen LogP contribution in [0, 0.1) is 3.57 Å². The van der Waals surface area contributed by atoms with Crippen LogP contribution in [0.25, 0.3) is 0 Å². The maximum atomic E-state index is 4.30. The minimum Gasteiger partial charge on any atom is -0.369 e. The molecule has 0 unspecified atom stereocenters. The van der Waals surface area contributed by atoms with Crippen molar-refractivity contribution in [3.8, 4) is 0 Å². The molecule has 0 aliphatic carbocycles. The number of hydrogen-bond acceptors (Lipinski definition) is 1. The van der Waals surface area contributed by atoms with Gasteiger partial charge in [0, 0.05) is 17.7 Å². The van der Waals surface area contributed by atoms with Gasteiger partial charge in [-0.25, -0.2) is 4.99 Å². The van der Waals surface area contributed by atoms with Crippen molar-refractivity contribution < 1.29 is 0 Å². The molecular weight excluding hydrogens is 263 g/mol. The Balaban J connectivity index is 2.82. The van der Waals surface area contributed by atoms with Crippen LogP contribution < -0.4 is 0 Å². The standard InChI is InChI=1S/C9H11IN2/c1-12(2)7-11-9-6-4-3-5-8(9)10/h3-7H,1-2H3. The van der Waals surface area contributed by atoms with Gasteiger partial charge in [-0.2, -0.15) is 0 Å². The second-order valence-corrected chi connectivity index (χ2v) is 3.82. The summed E-state index contributed by atoms with van der Waals surface area (Å²) < 4.78 is 1.17. The first-order chi connectivity index (χ1) is 5.70. The Labute approximate surface area is 86.4 Å². The lowest BCUT2D eigenvalue weighted by atomic mass is 10.3. The molecule has 0 spiro atoms. The molecule has 0 N–H and O–H groups in total. The van der Waals surface area contributed by atoms with Gasteiger partial charge in [0.1, 0.15) is 0 Å². The first-order valence-electron chi connectivity index (χ1n) is 3.65. The molecule has 1 rings (SSSR count). The van der Waals surface area contributed by atoms with Gasteiger partial charge in [-0.05, 0) is 34.7 Å². The van der Waals surface area contributed by atoms with E-state index in [0.717, 1.165) is 5.69 Å². The molecule has 0 atom stereocenters. The number of aliphatic imine (C=N–C) groups is 1. The van der Waals surface area contributed by atoms with Crippen molar-refractivity contribution in [2.45, 2.75) is 0 Å². The molecule has 3 heteroatoms. The molecule has 0 radical (unpaired) electrons. The number of nitrogens with zero attached hydrogens (tertiary/aromatic N) is 2. The molecule has 12 heavy (non-hydrogen) atoms. The zero-order chi connectivity index (χ0) is 8.97. The minimum absolute atomic E-state index is 1.02. The average Bonchev–Trinajstić information content (AvgIpc) is 2.03. The Kier molecular flexibility index (Phi) is 3.52. The summed E-state index contributed by atoms with van der Waals surface area (Å²) in [6, 6.07) is 8.05. The summed E-state index contributed by atoms with van der Waals surface area (Å²) in [6.45, 7) is 0. The van der Waals surface area contributed by atoms with Crippen molar-refractivity contribution in [3.05, 3.63) is 27.8 Å². The van der Waals surface area contributed by atoms with Crippen molar-refractivity contribution in [1.82, 2.24) is 4.90 Å². The van der Waals surface area contributed by atoms with Gasteiger partial charge < -0.3 is 4.90 Å². The quantitative estimate of drug-likeness (QED) is 0.459. The molecule has 0 aliphatic rings. The molecule has 1 aromatic carbocycles. The van der Waals surface area contributed by atoms with Crippen molar-refractivity contribution >= 4 is 34.6 Å². The highest BCUT2D eigenvalue weighted by Gasteiger charge is 1.92. The second-order valence-electron chi connectivity index (χ2n) is 2.66. The molecule has 0 saturated carbocycles. The number of benzene rings is 1. The van der Waals surface area contributed by atoms with E-state index in [0.29, 0.717) is 0 Å². The van der Waals surface area contributed by atoms with Crippen LogP contribution in [0.4, 0.5) is 5.69 Å². The number of rotatable bonds is 2. The SMILES string of the molecule is CN(C)C=Nc1ccccc1I. The van der Waals surface area contributed by atoms with Gasteiger partial charge in [0.15, 0.2) is 0 Å². The van der Waals surface area contributed by atoms with E-state index in [2.05, 4.69) is 27.6 Å². The summed E-state index contributed by atoms with van der Waals surface area (Å²) in [6.07, 6.45) is 1.80. The molecule has 0 aliphatic heterocycles. The summed E-state index contributed by atoms with van der Waals surface area (Å²) in [4.78, 5) is 6.22. The van der Waals surface area contributed by atoms with Gasteiger partial charge >= 0.3 is 0 Å². The largest absolute Gasteiger partial charge is 0.369 e. The van der Waals surface area contributed by atoms with Crippen molar-refractivity contribution in [2.24, 2.45) is 4.99 Å². The second kappa shape index (κ2) is 4.45. The van der Waals surface area contributed by atoms with E-state index in [1.54, 1.807) is 6.34 Å². The lowest BCUT2D eigenvalue weighted by molar-refractivity contribution is 0.643. The first kappa shape index (κ1) is 9.51. The smallest absolute Gasteiger partial charge is 0.0907 e. The highest BCUT2D eigenvalue weighted by Crippen LogP contribution is 2.19. The Morgan fingerprint density at radius 3 is 2.58 bits per heavy atom. The molecule has 0 bridgehead atoms. The third-order valence-electron chi connectivity index (χ3n) is 1.28. The van der Waals surface area contributed by atoms with E-state index in [9.17, 15) is 0 Å². The maximum absolute atomic E-state index is 4.30. The van der Waals surface area contributed by atoms with Gasteiger partial charge in [-0.15, -0.1) is 0 Å². The van der Waals surface area contributed by atoms with Gasteiger partial charge in [0.2, 0.25) is 0 Å². The van der Waals surface area contributed by atoms with Gasteiger partial charge in [-0.3, -0.25) is 0 Å². The van der Waals surface area contributed by atoms with Crippen LogP contribution in [0.15, 0.2) is 29.3 Å². The molecular formula is C9H11IN2. The van der Waals surface area contributed by atoms with E-state index in [1.807, 2.05) is 43.3 Å². The lowest BCUT2D eigenvalue weighted by Gasteiger charge is -2.02. The van der Waals surface area contributed by atoms with Crippen LogP contribution in [-0.4, -0.2) is 25.3 Å². The Morgan fingerprint density at radius 1 is 1.33 bits per heavy atom. The van der Waals surface area contributed by atoms with Gasteiger partial charge in [0.05, 0.1) is 12.0 Å². The summed E-state index contributed by atoms with van der Waals surface area (Å²) in [5, 5.41) is 0. The minimum atomic E-state index is 1.02. The van der Waals surface area contributed by atoms with Crippen LogP contribution >= 0.6 is 22.6 Å². The number of para-hydroxylation sites is 1. The van der Waals surface area contributed by atoms with Crippen LogP contribution in [0.2, 0.25) is 0 Å². The van der Waals surface area contributed by atoms with Crippen LogP contribution in [-0.2, 0) is 0 Å². The van der Waals surface area contributed by atoms with E-state index in [1.165, 1.54) is 3.57 Å². The maximum Gasteiger partial charge on any atom is 0.0907 e. The van der Waals surface area contributed by atoms with Crippen LogP contribution in [0.3, 0.4) is 0 Å². The van der Waals surface area contributed by atoms with Crippen molar-refractivity contribution in [3.63, 3.8) is 0 Å². The van der Waals surface area contributed by atoms with E-state index < -0.39 is 0 Å². The fourth-order valence-electron chi connectivity index (χ4n) is 0.734. The zero-order valence-electron chi connectivity index (χ0n) is 7.16. The fraction of sp³-hybridized carbons (Fsp3) is 0.222. The molecule has 0 heterocycles. The monoisotopic (exact) mass is 274 g/mol. The fourth-order valence-corrected chi connectivity index (χ4v) is 1.26. The van der Waals surface area contributed by atoms with E-state index in [-0.39, 0.29) is 0 Å². The Hall–Kier alpha value is -0.580. The van der Waals surface area contributed by atoms with Gasteiger partial charge in [0.25, 0.3) is 0 Å². The topological polar surface area (TPSA) is 15.6 Å². The summed E-state index contributed by atoms with van der Waals surface area (Å²) in [7, 11) is 3.92. The molecule has 0 aromatic heterocycles. The molecule has 0 saturated heterocycles. The highest BCUT2D eigenvalue weighted by atomic mass is 127. The Bertz CT molecular complexity index is 282. The number of halogens is 1. The molecule has 0 amide bonds. The average molecular weight is 274 g/mol. The van der Waals surface area contributed by atoms with Crippen LogP contribution in [0.5, 0.6) is 0 Å². The van der Waals surface area contributed by atoms with Crippen molar-refractivity contribution in [1.29, 1.82) is 0 Å². The summed E-state index contributed by atoms with van der Waals surface area (Å²) in [5.41, 5.74) is 1.02. The molecule has 2 nitrogen and oxygen atoms in total. The van der Waals surface area contributed by atoms with Crippen LogP contribution in [0.1, 0.15) is 0 Å². The summed E-state index contributed by atoms with van der Waals surface area (Å²) >= 11 is 2.27. The van der Waals surface area contributed by atoms with E-state index >= 15 is 0 Å². The predicted octanol–water partition coefficient (Wildman–Crippen LogP) is 2.51. The van der Waals surface area contributed by atoms with Crippen molar-refractivity contribution in [2.75, 3.05) is 14.1 Å². The molecule has 64 valence electrons. The normalized spacial score (nSPS) is 10.6. The third kappa shape index (κ3) is 2.81. The third-order valence-corrected chi connectivity index (χ3v) is 2.19. The lowest BCUT2D eigenvalue weighted by Crippen LogP contribution is -2.07. The Morgan fingerprint density at radius 2 is 2.00 bits per heavy atom. The molecule has 0 fully saturated rings. The number of hydrogen-bond donors (Lipinski definition) is 0. The predicted molar refractivity (Wildman–Crippen MR) is 61.0 cm³/mol. The highest BCUT2D eigenvalue weighted by molar-refractivity contribution is 14.1. The van der Waals surface area contributed by atoms with Gasteiger partial charge in [-0.1, -0.05) is 12.1 Å². The zero-order valence-corrected chi connectivity index (χ0v) is 9.32. The van der Waals surface area contributed by atoms with E-state index in [4.69, 9.17) is 0 Å². The first-order valence-corrected chi connectivity index (χ1v) is 4.73.